The molecule has 1 fully saturated rings. The minimum Gasteiger partial charge on any atom is -0.481 e. The smallest absolute Gasteiger partial charge is 0.315 e. The van der Waals surface area contributed by atoms with Gasteiger partial charge in [0.25, 0.3) is 0 Å². The fraction of sp³-hybridized carbons (Fsp3) is 0.571. The van der Waals surface area contributed by atoms with Crippen molar-refractivity contribution in [2.24, 2.45) is 5.41 Å². The molecule has 1 heterocycles. The van der Waals surface area contributed by atoms with Gasteiger partial charge in [-0.1, -0.05) is 12.5 Å². The normalized spacial score (nSPS) is 25.4. The summed E-state index contributed by atoms with van der Waals surface area (Å²) >= 11 is 1.66. The van der Waals surface area contributed by atoms with Crippen molar-refractivity contribution in [2.45, 2.75) is 38.6 Å². The van der Waals surface area contributed by atoms with Gasteiger partial charge >= 0.3 is 12.0 Å². The van der Waals surface area contributed by atoms with E-state index in [1.807, 2.05) is 17.5 Å². The summed E-state index contributed by atoms with van der Waals surface area (Å²) in [6.07, 6.45) is 2.97. The van der Waals surface area contributed by atoms with E-state index in [1.54, 1.807) is 18.3 Å². The van der Waals surface area contributed by atoms with Crippen molar-refractivity contribution in [1.82, 2.24) is 10.6 Å². The molecule has 0 spiro atoms. The van der Waals surface area contributed by atoms with E-state index in [-0.39, 0.29) is 12.1 Å². The van der Waals surface area contributed by atoms with E-state index in [1.165, 1.54) is 4.88 Å². The molecular weight excluding hydrogens is 276 g/mol. The minimum atomic E-state index is -0.842. The van der Waals surface area contributed by atoms with Gasteiger partial charge in [0, 0.05) is 17.5 Å². The first-order valence-electron chi connectivity index (χ1n) is 6.82. The molecule has 2 atom stereocenters. The van der Waals surface area contributed by atoms with Crippen molar-refractivity contribution in [1.29, 1.82) is 0 Å². The fourth-order valence-corrected chi connectivity index (χ4v) is 3.33. The Labute approximate surface area is 122 Å². The zero-order valence-electron chi connectivity index (χ0n) is 11.5. The van der Waals surface area contributed by atoms with Gasteiger partial charge in [-0.05, 0) is 37.6 Å². The average Bonchev–Trinajstić information content (AvgIpc) is 3.01. The third-order valence-corrected chi connectivity index (χ3v) is 4.93. The van der Waals surface area contributed by atoms with E-state index in [2.05, 4.69) is 10.6 Å². The molecule has 1 aliphatic rings. The summed E-state index contributed by atoms with van der Waals surface area (Å²) in [5, 5.41) is 16.9. The molecule has 2 rings (SSSR count). The summed E-state index contributed by atoms with van der Waals surface area (Å²) in [6.45, 7) is 2.27. The van der Waals surface area contributed by atoms with Gasteiger partial charge in [0.1, 0.15) is 0 Å². The topological polar surface area (TPSA) is 78.4 Å². The molecule has 0 radical (unpaired) electrons. The number of thiophene rings is 1. The average molecular weight is 296 g/mol. The predicted molar refractivity (Wildman–Crippen MR) is 77.9 cm³/mol. The molecule has 1 aliphatic carbocycles. The van der Waals surface area contributed by atoms with E-state index >= 15 is 0 Å². The highest BCUT2D eigenvalue weighted by molar-refractivity contribution is 7.09. The number of aliphatic carboxylic acids is 1. The molecule has 0 aromatic carbocycles. The second-order valence-electron chi connectivity index (χ2n) is 5.40. The lowest BCUT2D eigenvalue weighted by atomic mass is 9.85. The molecule has 1 aromatic heterocycles. The fourth-order valence-electron chi connectivity index (χ4n) is 2.62. The minimum absolute atomic E-state index is 0.277. The van der Waals surface area contributed by atoms with Crippen molar-refractivity contribution in [3.05, 3.63) is 22.4 Å². The lowest BCUT2D eigenvalue weighted by Gasteiger charge is -2.27. The van der Waals surface area contributed by atoms with Gasteiger partial charge in [0.2, 0.25) is 0 Å². The van der Waals surface area contributed by atoms with Gasteiger partial charge in [-0.3, -0.25) is 4.79 Å². The highest BCUT2D eigenvalue weighted by atomic mass is 32.1. The molecule has 0 aliphatic heterocycles. The number of carboxylic acid groups (broad SMARTS) is 1. The number of carbonyl (C=O) groups excluding carboxylic acids is 1. The van der Waals surface area contributed by atoms with Crippen LogP contribution in [0.25, 0.3) is 0 Å². The third-order valence-electron chi connectivity index (χ3n) is 3.99. The van der Waals surface area contributed by atoms with E-state index < -0.39 is 11.4 Å². The molecule has 0 bridgehead atoms. The van der Waals surface area contributed by atoms with Crippen LogP contribution < -0.4 is 10.6 Å². The number of carbonyl (C=O) groups is 2. The first-order chi connectivity index (χ1) is 9.52. The Morgan fingerprint density at radius 3 is 3.00 bits per heavy atom. The zero-order valence-corrected chi connectivity index (χ0v) is 12.3. The molecule has 0 saturated heterocycles. The number of rotatable bonds is 5. The van der Waals surface area contributed by atoms with Crippen LogP contribution >= 0.6 is 11.3 Å². The Morgan fingerprint density at radius 2 is 2.35 bits per heavy atom. The van der Waals surface area contributed by atoms with Gasteiger partial charge in [-0.25, -0.2) is 4.79 Å². The van der Waals surface area contributed by atoms with Gasteiger partial charge in [0.05, 0.1) is 5.41 Å². The Bertz CT molecular complexity index is 475. The Balaban J connectivity index is 1.78. The number of hydrogen-bond acceptors (Lipinski definition) is 3. The Morgan fingerprint density at radius 1 is 1.55 bits per heavy atom. The maximum Gasteiger partial charge on any atom is 0.315 e. The van der Waals surface area contributed by atoms with Crippen molar-refractivity contribution < 1.29 is 14.7 Å². The van der Waals surface area contributed by atoms with Crippen LogP contribution in [0.4, 0.5) is 4.79 Å². The largest absolute Gasteiger partial charge is 0.481 e. The molecule has 3 N–H and O–H groups in total. The van der Waals surface area contributed by atoms with Crippen LogP contribution in [-0.2, 0) is 11.2 Å². The second-order valence-corrected chi connectivity index (χ2v) is 6.43. The molecule has 110 valence electrons. The van der Waals surface area contributed by atoms with Crippen LogP contribution in [0.3, 0.4) is 0 Å². The number of nitrogens with one attached hydrogen (secondary N) is 2. The summed E-state index contributed by atoms with van der Waals surface area (Å²) < 4.78 is 0. The summed E-state index contributed by atoms with van der Waals surface area (Å²) in [4.78, 5) is 24.4. The maximum absolute atomic E-state index is 11.8. The van der Waals surface area contributed by atoms with Crippen LogP contribution in [0.5, 0.6) is 0 Å². The summed E-state index contributed by atoms with van der Waals surface area (Å²) in [5.41, 5.74) is -0.842. The molecular formula is C14H20N2O3S. The number of carboxylic acids is 1. The number of urea groups is 1. The Hall–Kier alpha value is -1.56. The van der Waals surface area contributed by atoms with E-state index in [0.29, 0.717) is 13.0 Å². The van der Waals surface area contributed by atoms with Gasteiger partial charge in [-0.2, -0.15) is 0 Å². The number of hydrogen-bond donors (Lipinski definition) is 3. The van der Waals surface area contributed by atoms with Crippen molar-refractivity contribution in [3.8, 4) is 0 Å². The lowest BCUT2D eigenvalue weighted by molar-refractivity contribution is -0.148. The van der Waals surface area contributed by atoms with Crippen LogP contribution in [0.1, 0.15) is 31.1 Å². The highest BCUT2D eigenvalue weighted by Gasteiger charge is 2.45. The van der Waals surface area contributed by atoms with Gasteiger partial charge < -0.3 is 15.7 Å². The third kappa shape index (κ3) is 3.30. The molecule has 1 aromatic rings. The van der Waals surface area contributed by atoms with Crippen molar-refractivity contribution >= 4 is 23.3 Å². The first kappa shape index (κ1) is 14.8. The van der Waals surface area contributed by atoms with Crippen LogP contribution in [0.2, 0.25) is 0 Å². The molecule has 1 saturated carbocycles. The molecule has 20 heavy (non-hydrogen) atoms. The van der Waals surface area contributed by atoms with Gasteiger partial charge in [-0.15, -0.1) is 11.3 Å². The molecule has 2 unspecified atom stereocenters. The zero-order chi connectivity index (χ0) is 14.6. The van der Waals surface area contributed by atoms with Gasteiger partial charge in [0.15, 0.2) is 0 Å². The maximum atomic E-state index is 11.8. The number of amides is 2. The molecule has 2 amide bonds. The summed E-state index contributed by atoms with van der Waals surface area (Å²) in [5.74, 6) is -0.834. The van der Waals surface area contributed by atoms with Crippen LogP contribution in [0.15, 0.2) is 17.5 Å². The summed E-state index contributed by atoms with van der Waals surface area (Å²) in [7, 11) is 0. The van der Waals surface area contributed by atoms with Crippen molar-refractivity contribution in [2.75, 3.05) is 6.54 Å². The quantitative estimate of drug-likeness (QED) is 0.779. The first-order valence-corrected chi connectivity index (χ1v) is 7.70. The predicted octanol–water partition coefficient (Wildman–Crippen LogP) is 2.23. The van der Waals surface area contributed by atoms with Crippen LogP contribution in [0, 0.1) is 5.41 Å². The Kier molecular flexibility index (Phi) is 4.65. The summed E-state index contributed by atoms with van der Waals surface area (Å²) in [6, 6.07) is 3.45. The van der Waals surface area contributed by atoms with Crippen molar-refractivity contribution in [3.63, 3.8) is 0 Å². The van der Waals surface area contributed by atoms with Crippen LogP contribution in [-0.4, -0.2) is 29.7 Å². The van der Waals surface area contributed by atoms with E-state index in [9.17, 15) is 14.7 Å². The standard InChI is InChI=1S/C14H20N2O3S/c1-14(12(17)18)7-2-5-11(14)16-13(19)15-8-6-10-4-3-9-20-10/h3-4,9,11H,2,5-8H2,1H3,(H,17,18)(H2,15,16,19). The van der Waals surface area contributed by atoms with E-state index in [4.69, 9.17) is 0 Å². The van der Waals surface area contributed by atoms with E-state index in [0.717, 1.165) is 19.3 Å². The SMILES string of the molecule is CC1(C(=O)O)CCCC1NC(=O)NCCc1cccs1. The monoisotopic (exact) mass is 296 g/mol. The molecule has 6 heteroatoms. The highest BCUT2D eigenvalue weighted by Crippen LogP contribution is 2.38. The lowest BCUT2D eigenvalue weighted by Crippen LogP contribution is -2.50. The second kappa shape index (κ2) is 6.26. The molecule has 5 nitrogen and oxygen atoms in total.